The maximum atomic E-state index is 10.9. The lowest BCUT2D eigenvalue weighted by atomic mass is 10.2. The number of carbonyl (C=O) groups excluding carboxylic acids is 1. The number of guanidine groups is 1. The van der Waals surface area contributed by atoms with E-state index in [-0.39, 0.29) is 12.6 Å². The molecule has 0 spiro atoms. The van der Waals surface area contributed by atoms with Gasteiger partial charge in [-0.1, -0.05) is 12.1 Å². The molecule has 0 heterocycles. The van der Waals surface area contributed by atoms with Gasteiger partial charge in [0, 0.05) is 0 Å². The van der Waals surface area contributed by atoms with Crippen LogP contribution in [0, 0.1) is 0 Å². The fourth-order valence-corrected chi connectivity index (χ4v) is 1.05. The summed E-state index contributed by atoms with van der Waals surface area (Å²) in [6, 6.07) is 6.94. The van der Waals surface area contributed by atoms with Gasteiger partial charge in [0.1, 0.15) is 5.75 Å². The molecular weight excluding hydrogens is 236 g/mol. The zero-order valence-corrected chi connectivity index (χ0v) is 9.87. The van der Waals surface area contributed by atoms with Crippen molar-refractivity contribution in [1.82, 2.24) is 0 Å². The molecule has 0 amide bonds. The largest absolute Gasteiger partial charge is 0.482 e. The van der Waals surface area contributed by atoms with Gasteiger partial charge in [-0.2, -0.15) is 5.10 Å². The van der Waals surface area contributed by atoms with Gasteiger partial charge in [-0.15, -0.1) is 5.10 Å². The number of nitrogens with two attached hydrogens (primary N) is 2. The Bertz CT molecular complexity index is 467. The summed E-state index contributed by atoms with van der Waals surface area (Å²) >= 11 is 0. The third-order valence-corrected chi connectivity index (χ3v) is 1.82. The van der Waals surface area contributed by atoms with Crippen LogP contribution in [0.3, 0.4) is 0 Å². The zero-order valence-electron chi connectivity index (χ0n) is 9.87. The predicted octanol–water partition coefficient (Wildman–Crippen LogP) is -0.154. The van der Waals surface area contributed by atoms with Crippen LogP contribution >= 0.6 is 0 Å². The Morgan fingerprint density at radius 3 is 2.89 bits per heavy atom. The third-order valence-electron chi connectivity index (χ3n) is 1.82. The van der Waals surface area contributed by atoms with Crippen molar-refractivity contribution in [1.29, 1.82) is 0 Å². The van der Waals surface area contributed by atoms with E-state index in [0.717, 1.165) is 5.56 Å². The highest BCUT2D eigenvalue weighted by molar-refractivity contribution is 5.82. The first-order chi connectivity index (χ1) is 8.61. The highest BCUT2D eigenvalue weighted by atomic mass is 16.6. The predicted molar refractivity (Wildman–Crippen MR) is 67.4 cm³/mol. The molecule has 7 nitrogen and oxygen atoms in total. The van der Waals surface area contributed by atoms with Gasteiger partial charge in [-0.3, -0.25) is 0 Å². The fourth-order valence-electron chi connectivity index (χ4n) is 1.05. The van der Waals surface area contributed by atoms with Crippen molar-refractivity contribution in [2.75, 3.05) is 13.7 Å². The van der Waals surface area contributed by atoms with E-state index in [9.17, 15) is 4.79 Å². The molecule has 0 bridgehead atoms. The van der Waals surface area contributed by atoms with E-state index in [1.165, 1.54) is 13.3 Å². The molecule has 0 atom stereocenters. The number of rotatable bonds is 5. The van der Waals surface area contributed by atoms with Crippen LogP contribution in [0.2, 0.25) is 0 Å². The topological polar surface area (TPSA) is 112 Å². The molecule has 0 aliphatic rings. The molecule has 1 rings (SSSR count). The van der Waals surface area contributed by atoms with Crippen molar-refractivity contribution in [2.24, 2.45) is 21.7 Å². The van der Waals surface area contributed by atoms with E-state index >= 15 is 0 Å². The number of nitrogens with zero attached hydrogens (tertiary/aromatic N) is 2. The standard InChI is InChI=1S/C11H14N4O3/c1-17-10(16)7-18-9-4-2-3-8(5-9)6-14-15-11(12)13/h2-6H,7H2,1H3,(H4,12,13,15)/b14-6-. The third kappa shape index (κ3) is 4.97. The normalized spacial score (nSPS) is 10.1. The Labute approximate surface area is 104 Å². The molecule has 18 heavy (non-hydrogen) atoms. The number of methoxy groups -OCH3 is 1. The summed E-state index contributed by atoms with van der Waals surface area (Å²) in [7, 11) is 1.30. The van der Waals surface area contributed by atoms with Crippen molar-refractivity contribution < 1.29 is 14.3 Å². The van der Waals surface area contributed by atoms with Crippen molar-refractivity contribution in [3.8, 4) is 5.75 Å². The molecule has 7 heteroatoms. The minimum absolute atomic E-state index is 0.121. The summed E-state index contributed by atoms with van der Waals surface area (Å²) < 4.78 is 9.66. The molecule has 0 saturated carbocycles. The number of hydrogen-bond acceptors (Lipinski definition) is 5. The zero-order chi connectivity index (χ0) is 13.4. The molecule has 1 aromatic carbocycles. The highest BCUT2D eigenvalue weighted by Gasteiger charge is 2.01. The summed E-state index contributed by atoms with van der Waals surface area (Å²) in [4.78, 5) is 10.9. The monoisotopic (exact) mass is 250 g/mol. The van der Waals surface area contributed by atoms with Crippen molar-refractivity contribution in [3.05, 3.63) is 29.8 Å². The summed E-state index contributed by atoms with van der Waals surface area (Å²) in [5.41, 5.74) is 11.0. The Morgan fingerprint density at radius 1 is 1.44 bits per heavy atom. The summed E-state index contributed by atoms with van der Waals surface area (Å²) in [6.45, 7) is -0.148. The van der Waals surface area contributed by atoms with Crippen LogP contribution in [-0.2, 0) is 9.53 Å². The number of carbonyl (C=O) groups is 1. The minimum Gasteiger partial charge on any atom is -0.482 e. The number of esters is 1. The molecule has 0 aromatic heterocycles. The van der Waals surface area contributed by atoms with Crippen LogP contribution in [0.15, 0.2) is 34.5 Å². The molecule has 0 fully saturated rings. The van der Waals surface area contributed by atoms with E-state index in [0.29, 0.717) is 5.75 Å². The van der Waals surface area contributed by atoms with E-state index < -0.39 is 5.97 Å². The van der Waals surface area contributed by atoms with Crippen LogP contribution in [0.25, 0.3) is 0 Å². The Hall–Kier alpha value is -2.57. The second-order valence-corrected chi connectivity index (χ2v) is 3.21. The van der Waals surface area contributed by atoms with Crippen molar-refractivity contribution in [2.45, 2.75) is 0 Å². The Balaban J connectivity index is 2.65. The van der Waals surface area contributed by atoms with Gasteiger partial charge in [0.15, 0.2) is 6.61 Å². The summed E-state index contributed by atoms with van der Waals surface area (Å²) in [5, 5.41) is 7.12. The highest BCUT2D eigenvalue weighted by Crippen LogP contribution is 2.11. The van der Waals surface area contributed by atoms with Gasteiger partial charge < -0.3 is 20.9 Å². The minimum atomic E-state index is -0.449. The maximum absolute atomic E-state index is 10.9. The first kappa shape index (κ1) is 13.5. The van der Waals surface area contributed by atoms with Gasteiger partial charge in [-0.05, 0) is 17.7 Å². The van der Waals surface area contributed by atoms with Crippen molar-refractivity contribution in [3.63, 3.8) is 0 Å². The quantitative estimate of drug-likeness (QED) is 0.326. The molecule has 1 aromatic rings. The van der Waals surface area contributed by atoms with Crippen LogP contribution in [0.5, 0.6) is 5.75 Å². The SMILES string of the molecule is COC(=O)COc1cccc(/C=N\N=C(N)N)c1. The maximum Gasteiger partial charge on any atom is 0.343 e. The van der Waals surface area contributed by atoms with Gasteiger partial charge in [0.2, 0.25) is 5.96 Å². The molecule has 0 radical (unpaired) electrons. The van der Waals surface area contributed by atoms with Crippen LogP contribution in [-0.4, -0.2) is 31.9 Å². The molecule has 96 valence electrons. The number of ether oxygens (including phenoxy) is 2. The van der Waals surface area contributed by atoms with Crippen LogP contribution < -0.4 is 16.2 Å². The second-order valence-electron chi connectivity index (χ2n) is 3.21. The van der Waals surface area contributed by atoms with E-state index in [2.05, 4.69) is 14.9 Å². The van der Waals surface area contributed by atoms with E-state index in [1.807, 2.05) is 0 Å². The van der Waals surface area contributed by atoms with Gasteiger partial charge in [0.25, 0.3) is 0 Å². The average Bonchev–Trinajstić information content (AvgIpc) is 2.36. The summed E-state index contributed by atoms with van der Waals surface area (Å²) in [5.74, 6) is -0.0482. The first-order valence-electron chi connectivity index (χ1n) is 5.03. The van der Waals surface area contributed by atoms with Gasteiger partial charge in [0.05, 0.1) is 13.3 Å². The Kier molecular flexibility index (Phi) is 5.17. The molecule has 0 aliphatic heterocycles. The molecule has 0 aliphatic carbocycles. The van der Waals surface area contributed by atoms with E-state index in [4.69, 9.17) is 16.2 Å². The fraction of sp³-hybridized carbons (Fsp3) is 0.182. The lowest BCUT2D eigenvalue weighted by Gasteiger charge is -2.04. The van der Waals surface area contributed by atoms with Gasteiger partial charge in [-0.25, -0.2) is 4.79 Å². The lowest BCUT2D eigenvalue weighted by Crippen LogP contribution is -2.21. The molecule has 0 unspecified atom stereocenters. The van der Waals surface area contributed by atoms with E-state index in [1.54, 1.807) is 24.3 Å². The van der Waals surface area contributed by atoms with Gasteiger partial charge >= 0.3 is 5.97 Å². The molecule has 0 saturated heterocycles. The summed E-state index contributed by atoms with van der Waals surface area (Å²) in [6.07, 6.45) is 1.46. The lowest BCUT2D eigenvalue weighted by molar-refractivity contribution is -0.142. The average molecular weight is 250 g/mol. The first-order valence-corrected chi connectivity index (χ1v) is 5.03. The number of benzene rings is 1. The molecular formula is C11H14N4O3. The smallest absolute Gasteiger partial charge is 0.343 e. The van der Waals surface area contributed by atoms with Crippen molar-refractivity contribution >= 4 is 18.1 Å². The Morgan fingerprint density at radius 2 is 2.22 bits per heavy atom. The second kappa shape index (κ2) is 6.89. The molecule has 4 N–H and O–H groups in total. The van der Waals surface area contributed by atoms with Crippen LogP contribution in [0.4, 0.5) is 0 Å². The number of hydrogen-bond donors (Lipinski definition) is 2. The van der Waals surface area contributed by atoms with Crippen LogP contribution in [0.1, 0.15) is 5.56 Å².